The number of nitrogens with one attached hydrogen (secondary N) is 5. The Hall–Kier alpha value is -4.71. The quantitative estimate of drug-likeness (QED) is 0.111. The zero-order valence-corrected chi connectivity index (χ0v) is 23.3. The Balaban J connectivity index is 1.59. The molecule has 1 saturated heterocycles. The molecular formula is C29H37N9O3. The van der Waals surface area contributed by atoms with Crippen LogP contribution in [-0.2, 0) is 22.7 Å². The smallest absolute Gasteiger partial charge is 0.294 e. The van der Waals surface area contributed by atoms with E-state index in [1.165, 1.54) is 10.8 Å². The molecule has 0 radical (unpaired) electrons. The second-order valence-corrected chi connectivity index (χ2v) is 10.4. The third-order valence-electron chi connectivity index (χ3n) is 6.72. The lowest BCUT2D eigenvalue weighted by Crippen LogP contribution is -2.37. The van der Waals surface area contributed by atoms with Crippen molar-refractivity contribution in [2.45, 2.75) is 45.8 Å². The van der Waals surface area contributed by atoms with Crippen LogP contribution in [0.1, 0.15) is 37.8 Å². The van der Waals surface area contributed by atoms with E-state index < -0.39 is 5.56 Å². The predicted molar refractivity (Wildman–Crippen MR) is 161 cm³/mol. The third kappa shape index (κ3) is 7.70. The summed E-state index contributed by atoms with van der Waals surface area (Å²) >= 11 is 0. The van der Waals surface area contributed by atoms with Crippen LogP contribution in [0.4, 0.5) is 17.2 Å². The molecule has 1 fully saturated rings. The Morgan fingerprint density at radius 1 is 1.20 bits per heavy atom. The van der Waals surface area contributed by atoms with E-state index in [1.54, 1.807) is 42.5 Å². The van der Waals surface area contributed by atoms with Gasteiger partial charge in [-0.1, -0.05) is 24.3 Å². The van der Waals surface area contributed by atoms with Crippen molar-refractivity contribution in [3.05, 3.63) is 70.1 Å². The lowest BCUT2D eigenvalue weighted by Gasteiger charge is -2.22. The highest BCUT2D eigenvalue weighted by Crippen LogP contribution is 2.26. The van der Waals surface area contributed by atoms with Gasteiger partial charge in [-0.2, -0.15) is 0 Å². The highest BCUT2D eigenvalue weighted by molar-refractivity contribution is 5.95. The number of hydrogen-bond donors (Lipinski definition) is 7. The zero-order valence-electron chi connectivity index (χ0n) is 23.3. The van der Waals surface area contributed by atoms with Crippen molar-refractivity contribution in [1.82, 2.24) is 20.2 Å². The second-order valence-electron chi connectivity index (χ2n) is 10.4. The lowest BCUT2D eigenvalue weighted by atomic mass is 9.98. The summed E-state index contributed by atoms with van der Waals surface area (Å²) in [6.07, 6.45) is 3.25. The molecule has 0 spiro atoms. The summed E-state index contributed by atoms with van der Waals surface area (Å²) in [6.45, 7) is 5.26. The number of nitrogen functional groups attached to an aromatic ring is 2. The molecular weight excluding hydrogens is 522 g/mol. The maximum absolute atomic E-state index is 13.5. The first-order valence-electron chi connectivity index (χ1n) is 13.6. The predicted octanol–water partition coefficient (Wildman–Crippen LogP) is 1.85. The van der Waals surface area contributed by atoms with Gasteiger partial charge in [0.05, 0.1) is 17.8 Å². The van der Waals surface area contributed by atoms with Gasteiger partial charge in [-0.15, -0.1) is 0 Å². The highest BCUT2D eigenvalue weighted by Gasteiger charge is 2.22. The van der Waals surface area contributed by atoms with Crippen LogP contribution in [0.15, 0.2) is 53.5 Å². The minimum atomic E-state index is -0.460. The first kappa shape index (κ1) is 29.3. The molecule has 41 heavy (non-hydrogen) atoms. The molecule has 12 nitrogen and oxygen atoms in total. The van der Waals surface area contributed by atoms with Crippen LogP contribution in [0.3, 0.4) is 0 Å². The van der Waals surface area contributed by atoms with Gasteiger partial charge in [0.25, 0.3) is 5.56 Å². The average molecular weight is 560 g/mol. The first-order valence-corrected chi connectivity index (χ1v) is 13.6. The molecule has 2 aromatic carbocycles. The summed E-state index contributed by atoms with van der Waals surface area (Å²) in [5.41, 5.74) is 14.5. The van der Waals surface area contributed by atoms with Gasteiger partial charge in [0, 0.05) is 41.6 Å². The van der Waals surface area contributed by atoms with Crippen molar-refractivity contribution in [2.24, 2.45) is 11.7 Å². The molecule has 3 aromatic rings. The molecule has 12 heteroatoms. The van der Waals surface area contributed by atoms with Crippen LogP contribution in [-0.4, -0.2) is 46.3 Å². The Bertz CT molecular complexity index is 1480. The Morgan fingerprint density at radius 2 is 1.95 bits per heavy atom. The van der Waals surface area contributed by atoms with Crippen LogP contribution in [0.5, 0.6) is 0 Å². The number of rotatable bonds is 10. The molecule has 1 unspecified atom stereocenters. The van der Waals surface area contributed by atoms with Crippen LogP contribution < -0.4 is 38.3 Å². The van der Waals surface area contributed by atoms with Gasteiger partial charge in [0.2, 0.25) is 11.8 Å². The molecule has 1 aromatic heterocycles. The fraction of sp³-hybridized carbons (Fsp3) is 0.345. The van der Waals surface area contributed by atoms with Gasteiger partial charge in [0.15, 0.2) is 5.82 Å². The van der Waals surface area contributed by atoms with Gasteiger partial charge in [0.1, 0.15) is 12.4 Å². The number of carbonyl (C=O) groups is 2. The summed E-state index contributed by atoms with van der Waals surface area (Å²) in [7, 11) is 0. The number of piperidine rings is 1. The van der Waals surface area contributed by atoms with Crippen molar-refractivity contribution in [2.75, 3.05) is 29.5 Å². The number of benzene rings is 2. The number of nitrogens with two attached hydrogens (primary N) is 2. The van der Waals surface area contributed by atoms with Crippen molar-refractivity contribution in [3.63, 3.8) is 0 Å². The summed E-state index contributed by atoms with van der Waals surface area (Å²) in [6, 6.07) is 12.0. The molecule has 4 rings (SSSR count). The number of amides is 2. The van der Waals surface area contributed by atoms with Crippen LogP contribution in [0.2, 0.25) is 0 Å². The molecule has 2 heterocycles. The molecule has 0 bridgehead atoms. The minimum Gasteiger partial charge on any atom is -0.399 e. The molecule has 216 valence electrons. The number of amidine groups is 1. The van der Waals surface area contributed by atoms with Crippen molar-refractivity contribution < 1.29 is 9.59 Å². The second kappa shape index (κ2) is 13.1. The highest BCUT2D eigenvalue weighted by atomic mass is 16.2. The molecule has 9 N–H and O–H groups in total. The van der Waals surface area contributed by atoms with E-state index >= 15 is 0 Å². The minimum absolute atomic E-state index is 0.0359. The average Bonchev–Trinajstić information content (AvgIpc) is 2.94. The number of nitrogens with zero attached hydrogens (tertiary/aromatic N) is 2. The Kier molecular flexibility index (Phi) is 9.35. The van der Waals surface area contributed by atoms with Crippen LogP contribution >= 0.6 is 0 Å². The van der Waals surface area contributed by atoms with E-state index in [9.17, 15) is 14.4 Å². The van der Waals surface area contributed by atoms with E-state index in [1.807, 2.05) is 13.8 Å². The van der Waals surface area contributed by atoms with E-state index in [-0.39, 0.29) is 48.5 Å². The monoisotopic (exact) mass is 559 g/mol. The maximum Gasteiger partial charge on any atom is 0.294 e. The Morgan fingerprint density at radius 3 is 2.61 bits per heavy atom. The standard InChI is InChI=1S/C29H37N9O3/c1-17(2)36-27-29(41)38(16-25(39)34-13-18-5-7-19(8-6-18)26(31)32)24(15-35-27)21-10-22(30)12-23(11-21)37-28(40)20-4-3-9-33-14-20/h5-8,10-12,15,17,20,33H,3-4,9,13-14,16,30H2,1-2H3,(H3,31,32)(H,34,39)(H,35,36)(H,37,40). The number of anilines is 3. The van der Waals surface area contributed by atoms with Crippen molar-refractivity contribution in [1.29, 1.82) is 5.41 Å². The molecule has 1 atom stereocenters. The van der Waals surface area contributed by atoms with Crippen molar-refractivity contribution in [3.8, 4) is 11.3 Å². The maximum atomic E-state index is 13.5. The van der Waals surface area contributed by atoms with Crippen LogP contribution in [0, 0.1) is 11.3 Å². The van der Waals surface area contributed by atoms with E-state index in [4.69, 9.17) is 16.9 Å². The lowest BCUT2D eigenvalue weighted by molar-refractivity contribution is -0.122. The summed E-state index contributed by atoms with van der Waals surface area (Å²) in [5.74, 6) is -0.536. The van der Waals surface area contributed by atoms with E-state index in [2.05, 4.69) is 26.3 Å². The van der Waals surface area contributed by atoms with E-state index in [0.717, 1.165) is 24.9 Å². The van der Waals surface area contributed by atoms with Gasteiger partial charge in [-0.3, -0.25) is 24.4 Å². The van der Waals surface area contributed by atoms with Gasteiger partial charge in [-0.05, 0) is 57.0 Å². The van der Waals surface area contributed by atoms with Gasteiger partial charge < -0.3 is 32.7 Å². The normalized spacial score (nSPS) is 14.9. The molecule has 0 aliphatic carbocycles. The fourth-order valence-corrected chi connectivity index (χ4v) is 4.64. The third-order valence-corrected chi connectivity index (χ3v) is 6.72. The number of carbonyl (C=O) groups excluding carboxylic acids is 2. The number of hydrogen-bond acceptors (Lipinski definition) is 8. The SMILES string of the molecule is CC(C)Nc1ncc(-c2cc(N)cc(NC(=O)C3CCCNC3)c2)n(CC(=O)NCc2ccc(C(=N)N)cc2)c1=O. The van der Waals surface area contributed by atoms with Gasteiger partial charge >= 0.3 is 0 Å². The molecule has 0 saturated carbocycles. The first-order chi connectivity index (χ1) is 19.6. The largest absolute Gasteiger partial charge is 0.399 e. The summed E-state index contributed by atoms with van der Waals surface area (Å²) in [5, 5.41) is 19.6. The molecule has 1 aliphatic rings. The topological polar surface area (TPSA) is 193 Å². The number of aromatic nitrogens is 2. The van der Waals surface area contributed by atoms with Crippen LogP contribution in [0.25, 0.3) is 11.3 Å². The summed E-state index contributed by atoms with van der Waals surface area (Å²) < 4.78 is 1.34. The summed E-state index contributed by atoms with van der Waals surface area (Å²) in [4.78, 5) is 43.7. The van der Waals surface area contributed by atoms with Gasteiger partial charge in [-0.25, -0.2) is 4.98 Å². The Labute approximate surface area is 238 Å². The molecule has 1 aliphatic heterocycles. The fourth-order valence-electron chi connectivity index (χ4n) is 4.64. The zero-order chi connectivity index (χ0) is 29.5. The van der Waals surface area contributed by atoms with Crippen molar-refractivity contribution >= 4 is 34.8 Å². The van der Waals surface area contributed by atoms with E-state index in [0.29, 0.717) is 34.7 Å². The molecule has 2 amide bonds.